The van der Waals surface area contributed by atoms with Gasteiger partial charge >= 0.3 is 0 Å². The van der Waals surface area contributed by atoms with E-state index in [4.69, 9.17) is 5.73 Å². The van der Waals surface area contributed by atoms with Crippen LogP contribution in [0.25, 0.3) is 0 Å². The molecule has 1 saturated carbocycles. The Morgan fingerprint density at radius 1 is 1.31 bits per heavy atom. The summed E-state index contributed by atoms with van der Waals surface area (Å²) in [6.07, 6.45) is 2.50. The molecule has 6 nitrogen and oxygen atoms in total. The molecule has 88 valence electrons. The van der Waals surface area contributed by atoms with Crippen molar-refractivity contribution in [2.45, 2.75) is 19.3 Å². The molecule has 0 radical (unpaired) electrons. The first-order chi connectivity index (χ1) is 7.57. The highest BCUT2D eigenvalue weighted by atomic mass is 16.2. The summed E-state index contributed by atoms with van der Waals surface area (Å²) >= 11 is 0. The maximum atomic E-state index is 12.1. The summed E-state index contributed by atoms with van der Waals surface area (Å²) in [6, 6.07) is 0. The molecule has 0 aromatic rings. The van der Waals surface area contributed by atoms with Gasteiger partial charge in [-0.1, -0.05) is 6.42 Å². The quantitative estimate of drug-likeness (QED) is 0.565. The predicted molar refractivity (Wildman–Crippen MR) is 55.1 cm³/mol. The molecule has 2 fully saturated rings. The van der Waals surface area contributed by atoms with Crippen LogP contribution in [-0.4, -0.2) is 42.3 Å². The lowest BCUT2D eigenvalue weighted by Crippen LogP contribution is -2.59. The van der Waals surface area contributed by atoms with Gasteiger partial charge in [-0.05, 0) is 12.8 Å². The van der Waals surface area contributed by atoms with Gasteiger partial charge in [0.2, 0.25) is 17.7 Å². The van der Waals surface area contributed by atoms with E-state index in [0.717, 1.165) is 19.3 Å². The highest BCUT2D eigenvalue weighted by Crippen LogP contribution is 2.41. The molecule has 3 N–H and O–H groups in total. The third-order valence-electron chi connectivity index (χ3n) is 3.39. The largest absolute Gasteiger partial charge is 0.329 e. The lowest BCUT2D eigenvalue weighted by atomic mass is 9.67. The lowest BCUT2D eigenvalue weighted by molar-refractivity contribution is -0.154. The van der Waals surface area contributed by atoms with Crippen LogP contribution in [0.1, 0.15) is 19.3 Å². The second kappa shape index (κ2) is 3.86. The number of nitrogens with one attached hydrogen (secondary N) is 1. The summed E-state index contributed by atoms with van der Waals surface area (Å²) in [5.74, 6) is -0.989. The van der Waals surface area contributed by atoms with Crippen molar-refractivity contribution in [1.82, 2.24) is 10.2 Å². The van der Waals surface area contributed by atoms with Crippen LogP contribution in [0.4, 0.5) is 0 Å². The van der Waals surface area contributed by atoms with Crippen molar-refractivity contribution >= 4 is 17.7 Å². The zero-order chi connectivity index (χ0) is 11.8. The molecule has 16 heavy (non-hydrogen) atoms. The number of piperazine rings is 1. The summed E-state index contributed by atoms with van der Waals surface area (Å²) in [5.41, 5.74) is 5.10. The van der Waals surface area contributed by atoms with Crippen molar-refractivity contribution in [2.75, 3.05) is 19.6 Å². The average molecular weight is 225 g/mol. The fraction of sp³-hybridized carbons (Fsp3) is 0.700. The van der Waals surface area contributed by atoms with E-state index < -0.39 is 17.2 Å². The van der Waals surface area contributed by atoms with E-state index in [9.17, 15) is 14.4 Å². The van der Waals surface area contributed by atoms with Crippen LogP contribution in [0, 0.1) is 5.41 Å². The van der Waals surface area contributed by atoms with Gasteiger partial charge in [0.15, 0.2) is 0 Å². The fourth-order valence-corrected chi connectivity index (χ4v) is 2.23. The molecule has 0 bridgehead atoms. The van der Waals surface area contributed by atoms with Crippen LogP contribution < -0.4 is 11.1 Å². The molecular weight excluding hydrogens is 210 g/mol. The number of hydrogen-bond acceptors (Lipinski definition) is 4. The molecule has 1 saturated heterocycles. The van der Waals surface area contributed by atoms with Crippen molar-refractivity contribution in [2.24, 2.45) is 11.1 Å². The van der Waals surface area contributed by atoms with Crippen LogP contribution >= 0.6 is 0 Å². The number of imide groups is 1. The summed E-state index contributed by atoms with van der Waals surface area (Å²) in [5, 5.41) is 2.17. The SMILES string of the molecule is NCC1(C(=O)N2CC(=O)NC(=O)C2)CCC1. The minimum atomic E-state index is -0.516. The standard InChI is InChI=1S/C10H15N3O3/c11-6-10(2-1-3-10)9(16)13-4-7(14)12-8(15)5-13/h1-6,11H2,(H,12,14,15). The van der Waals surface area contributed by atoms with E-state index in [2.05, 4.69) is 5.32 Å². The van der Waals surface area contributed by atoms with E-state index in [-0.39, 0.29) is 25.5 Å². The van der Waals surface area contributed by atoms with E-state index in [1.54, 1.807) is 0 Å². The summed E-state index contributed by atoms with van der Waals surface area (Å²) in [4.78, 5) is 35.8. The molecule has 2 rings (SSSR count). The summed E-state index contributed by atoms with van der Waals surface area (Å²) in [7, 11) is 0. The van der Waals surface area contributed by atoms with Crippen molar-refractivity contribution in [3.05, 3.63) is 0 Å². The molecule has 6 heteroatoms. The van der Waals surface area contributed by atoms with Gasteiger partial charge in [-0.3, -0.25) is 19.7 Å². The normalized spacial score (nSPS) is 23.7. The van der Waals surface area contributed by atoms with Gasteiger partial charge in [0.05, 0.1) is 5.41 Å². The summed E-state index contributed by atoms with van der Waals surface area (Å²) in [6.45, 7) is 0.219. The fourth-order valence-electron chi connectivity index (χ4n) is 2.23. The molecule has 1 aliphatic carbocycles. The molecular formula is C10H15N3O3. The average Bonchev–Trinajstić information content (AvgIpc) is 2.15. The van der Waals surface area contributed by atoms with Gasteiger partial charge in [0.25, 0.3) is 0 Å². The monoisotopic (exact) mass is 225 g/mol. The predicted octanol–water partition coefficient (Wildman–Crippen LogP) is -1.40. The first-order valence-corrected chi connectivity index (χ1v) is 5.39. The van der Waals surface area contributed by atoms with Gasteiger partial charge in [-0.25, -0.2) is 0 Å². The Hall–Kier alpha value is -1.43. The molecule has 2 aliphatic rings. The molecule has 0 aromatic heterocycles. The van der Waals surface area contributed by atoms with Crippen LogP contribution in [0.3, 0.4) is 0 Å². The van der Waals surface area contributed by atoms with Crippen molar-refractivity contribution in [3.8, 4) is 0 Å². The number of nitrogens with zero attached hydrogens (tertiary/aromatic N) is 1. The third kappa shape index (κ3) is 1.69. The number of hydrogen-bond donors (Lipinski definition) is 2. The number of amides is 3. The molecule has 1 aliphatic heterocycles. The number of rotatable bonds is 2. The molecule has 1 heterocycles. The second-order valence-electron chi connectivity index (χ2n) is 4.47. The maximum absolute atomic E-state index is 12.1. The second-order valence-corrected chi connectivity index (χ2v) is 4.47. The number of nitrogens with two attached hydrogens (primary N) is 1. The molecule has 0 atom stereocenters. The number of carbonyl (C=O) groups is 3. The molecule has 0 aromatic carbocycles. The van der Waals surface area contributed by atoms with Crippen molar-refractivity contribution in [3.63, 3.8) is 0 Å². The van der Waals surface area contributed by atoms with Crippen molar-refractivity contribution in [1.29, 1.82) is 0 Å². The summed E-state index contributed by atoms with van der Waals surface area (Å²) < 4.78 is 0. The minimum absolute atomic E-state index is 0.0354. The van der Waals surface area contributed by atoms with E-state index in [0.29, 0.717) is 0 Å². The van der Waals surface area contributed by atoms with Crippen LogP contribution in [-0.2, 0) is 14.4 Å². The molecule has 0 unspecified atom stereocenters. The Kier molecular flexibility index (Phi) is 2.67. The lowest BCUT2D eigenvalue weighted by Gasteiger charge is -2.43. The maximum Gasteiger partial charge on any atom is 0.246 e. The Morgan fingerprint density at radius 3 is 2.25 bits per heavy atom. The Balaban J connectivity index is 2.09. The first-order valence-electron chi connectivity index (χ1n) is 5.39. The molecule has 0 spiro atoms. The van der Waals surface area contributed by atoms with Gasteiger partial charge in [0.1, 0.15) is 13.1 Å². The minimum Gasteiger partial charge on any atom is -0.329 e. The van der Waals surface area contributed by atoms with Gasteiger partial charge in [-0.2, -0.15) is 0 Å². The van der Waals surface area contributed by atoms with Crippen LogP contribution in [0.2, 0.25) is 0 Å². The van der Waals surface area contributed by atoms with E-state index in [1.807, 2.05) is 0 Å². The third-order valence-corrected chi connectivity index (χ3v) is 3.39. The highest BCUT2D eigenvalue weighted by molar-refractivity contribution is 6.03. The Labute approximate surface area is 93.1 Å². The smallest absolute Gasteiger partial charge is 0.246 e. The van der Waals surface area contributed by atoms with Crippen molar-refractivity contribution < 1.29 is 14.4 Å². The van der Waals surface area contributed by atoms with Gasteiger partial charge in [0, 0.05) is 6.54 Å². The Bertz CT molecular complexity index is 328. The van der Waals surface area contributed by atoms with Gasteiger partial charge < -0.3 is 10.6 Å². The Morgan fingerprint density at radius 2 is 1.88 bits per heavy atom. The topological polar surface area (TPSA) is 92.5 Å². The first kappa shape index (κ1) is 11.1. The van der Waals surface area contributed by atoms with E-state index >= 15 is 0 Å². The zero-order valence-corrected chi connectivity index (χ0v) is 8.99. The number of carbonyl (C=O) groups excluding carboxylic acids is 3. The van der Waals surface area contributed by atoms with Crippen LogP contribution in [0.15, 0.2) is 0 Å². The zero-order valence-electron chi connectivity index (χ0n) is 8.99. The van der Waals surface area contributed by atoms with Gasteiger partial charge in [-0.15, -0.1) is 0 Å². The van der Waals surface area contributed by atoms with Crippen LogP contribution in [0.5, 0.6) is 0 Å². The highest BCUT2D eigenvalue weighted by Gasteiger charge is 2.46. The van der Waals surface area contributed by atoms with E-state index in [1.165, 1.54) is 4.90 Å². The molecule has 3 amide bonds.